The highest BCUT2D eigenvalue weighted by Gasteiger charge is 2.51. The summed E-state index contributed by atoms with van der Waals surface area (Å²) in [5, 5.41) is 131. The molecule has 2 fully saturated rings. The minimum absolute atomic E-state index is 0.0975. The molecule has 101 heavy (non-hydrogen) atoms. The van der Waals surface area contributed by atoms with Crippen molar-refractivity contribution in [1.29, 1.82) is 0 Å². The summed E-state index contributed by atoms with van der Waals surface area (Å²) in [5.74, 6) is -16.0. The number of aliphatic carboxylic acids is 1. The molecule has 2 saturated heterocycles. The van der Waals surface area contributed by atoms with Crippen molar-refractivity contribution in [1.82, 2.24) is 37.2 Å². The number of nitrogens with one attached hydrogen (secondary N) is 7. The van der Waals surface area contributed by atoms with Gasteiger partial charge in [-0.25, -0.2) is 4.79 Å². The van der Waals surface area contributed by atoms with Gasteiger partial charge in [0.1, 0.15) is 89.5 Å². The lowest BCUT2D eigenvalue weighted by molar-refractivity contribution is -0.333. The number of halogens is 2. The normalized spacial score (nSPS) is 29.4. The Labute approximate surface area is 584 Å². The maximum absolute atomic E-state index is 16.0. The summed E-state index contributed by atoms with van der Waals surface area (Å²) in [4.78, 5) is 117. The Morgan fingerprint density at radius 3 is 1.90 bits per heavy atom. The quantitative estimate of drug-likeness (QED) is 0.0743. The third-order valence-electron chi connectivity index (χ3n) is 17.8. The molecule has 3 unspecified atom stereocenters. The van der Waals surface area contributed by atoms with Gasteiger partial charge in [0, 0.05) is 34.7 Å². The molecule has 5 aromatic rings. The summed E-state index contributed by atoms with van der Waals surface area (Å²) >= 11 is 14.1. The van der Waals surface area contributed by atoms with Crippen LogP contribution >= 0.6 is 23.2 Å². The number of hydrogen-bond acceptors (Lipinski definition) is 25. The molecule has 21 N–H and O–H groups in total. The summed E-state index contributed by atoms with van der Waals surface area (Å²) in [5.41, 5.74) is 8.00. The number of carboxylic acid groups (broad SMARTS) is 1. The van der Waals surface area contributed by atoms with Crippen LogP contribution in [0.3, 0.4) is 0 Å². The van der Waals surface area contributed by atoms with Crippen LogP contribution in [0.4, 0.5) is 0 Å². The fourth-order valence-corrected chi connectivity index (χ4v) is 12.9. The van der Waals surface area contributed by atoms with Crippen molar-refractivity contribution in [3.8, 4) is 57.1 Å². The molecule has 0 aromatic heterocycles. The molecule has 7 heterocycles. The van der Waals surface area contributed by atoms with Gasteiger partial charge in [-0.15, -0.1) is 0 Å². The summed E-state index contributed by atoms with van der Waals surface area (Å²) in [6, 6.07) is -0.679. The third-order valence-corrected chi connectivity index (χ3v) is 18.4. The molecule has 12 rings (SSSR count). The first-order valence-corrected chi connectivity index (χ1v) is 32.4. The van der Waals surface area contributed by atoms with E-state index in [9.17, 15) is 75.0 Å². The molecule has 7 aliphatic rings. The van der Waals surface area contributed by atoms with E-state index in [1.807, 2.05) is 13.8 Å². The lowest BCUT2D eigenvalue weighted by Crippen LogP contribution is -2.64. The number of primary amides is 1. The summed E-state index contributed by atoms with van der Waals surface area (Å²) in [7, 11) is 1.47. The number of amides is 7. The molecule has 0 spiro atoms. The second-order valence-corrected chi connectivity index (χ2v) is 26.5. The Morgan fingerprint density at radius 2 is 1.32 bits per heavy atom. The van der Waals surface area contributed by atoms with Gasteiger partial charge in [0.2, 0.25) is 53.4 Å². The zero-order valence-corrected chi connectivity index (χ0v) is 55.8. The molecular weight excluding hydrogens is 1370 g/mol. The molecule has 33 nitrogen and oxygen atoms in total. The van der Waals surface area contributed by atoms with Crippen molar-refractivity contribution in [3.05, 3.63) is 117 Å². The second kappa shape index (κ2) is 30.2. The highest BCUT2D eigenvalue weighted by molar-refractivity contribution is 6.32. The van der Waals surface area contributed by atoms with Crippen LogP contribution in [0.1, 0.15) is 105 Å². The van der Waals surface area contributed by atoms with Crippen LogP contribution in [-0.2, 0) is 52.6 Å². The molecule has 5 aromatic carbocycles. The van der Waals surface area contributed by atoms with E-state index in [2.05, 4.69) is 37.2 Å². The summed E-state index contributed by atoms with van der Waals surface area (Å²) in [6.07, 6.45) is -18.6. The largest absolute Gasteiger partial charge is 0.508 e. The van der Waals surface area contributed by atoms with Crippen LogP contribution in [0.25, 0.3) is 11.1 Å². The van der Waals surface area contributed by atoms with Crippen LogP contribution in [0.2, 0.25) is 10.0 Å². The van der Waals surface area contributed by atoms with Gasteiger partial charge < -0.3 is 128 Å². The maximum Gasteiger partial charge on any atom is 0.330 e. The van der Waals surface area contributed by atoms with Crippen molar-refractivity contribution >= 4 is 70.5 Å². The van der Waals surface area contributed by atoms with Gasteiger partial charge in [0.05, 0.1) is 41.3 Å². The van der Waals surface area contributed by atoms with Crippen LogP contribution < -0.4 is 62.9 Å². The Kier molecular flexibility index (Phi) is 22.2. The Hall–Kier alpha value is -9.20. The predicted molar refractivity (Wildman–Crippen MR) is 349 cm³/mol. The monoisotopic (exact) mass is 1450 g/mol. The first-order valence-electron chi connectivity index (χ1n) is 31.6. The number of likely N-dealkylation sites (N-methyl/N-ethyl adjacent to an activating group) is 1. The fraction of sp³-hybridized carbons (Fsp3) is 0.424. The van der Waals surface area contributed by atoms with E-state index in [-0.39, 0.29) is 46.2 Å². The van der Waals surface area contributed by atoms with E-state index in [4.69, 9.17) is 63.1 Å². The highest BCUT2D eigenvalue weighted by Crippen LogP contribution is 2.50. The molecule has 542 valence electrons. The van der Waals surface area contributed by atoms with Gasteiger partial charge in [-0.3, -0.25) is 33.6 Å². The molecular formula is C66H75Cl2N9O24. The van der Waals surface area contributed by atoms with Crippen LogP contribution in [0.5, 0.6) is 46.0 Å². The van der Waals surface area contributed by atoms with Gasteiger partial charge in [-0.1, -0.05) is 55.2 Å². The van der Waals surface area contributed by atoms with E-state index in [1.54, 1.807) is 0 Å². The van der Waals surface area contributed by atoms with Gasteiger partial charge >= 0.3 is 5.97 Å². The molecule has 7 aliphatic heterocycles. The minimum Gasteiger partial charge on any atom is -0.508 e. The topological polar surface area (TPSA) is 530 Å². The van der Waals surface area contributed by atoms with Gasteiger partial charge in [-0.05, 0) is 110 Å². The molecule has 35 heteroatoms. The fourth-order valence-electron chi connectivity index (χ4n) is 12.5. The van der Waals surface area contributed by atoms with E-state index in [0.29, 0.717) is 0 Å². The molecule has 7 amide bonds. The van der Waals surface area contributed by atoms with E-state index in [0.717, 1.165) is 66.7 Å². The first-order chi connectivity index (χ1) is 47.7. The SMILES string of the molecule is CN[C@H](CC(C)C)C(=O)N[C@H]1C(=O)N[C@@H](CC(N)=O)C(=O)N[C@H]2C(=O)N[C@H]3C(=O)NC(C(=O)N[C@@H](C(=O)O)c4cc(O)cc(O)c4-c4cc3ccc4O)[C@H](O)c3ccc(c(Cl)c3)Oc3cc2cc(c3OC2O[C@H](CO)[C@@H](O)[C@H](O)[C@H]2OC2C[C@](C)(N)[C@H](O)[C@H](C)O2)Oc2ccc(cc2Cl)[C@H]1O. The van der Waals surface area contributed by atoms with Crippen LogP contribution in [0, 0.1) is 5.92 Å². The van der Waals surface area contributed by atoms with Crippen molar-refractivity contribution < 1.29 is 118 Å². The molecule has 0 radical (unpaired) electrons. The number of aliphatic hydroxyl groups is 6. The van der Waals surface area contributed by atoms with Crippen molar-refractivity contribution in [2.75, 3.05) is 13.7 Å². The number of rotatable bonds is 13. The average Bonchev–Trinajstić information content (AvgIpc) is 0.775. The number of nitrogens with two attached hydrogens (primary N) is 2. The number of carboxylic acids is 1. The standard InChI is InChI=1S/C66H75Cl2N9O24/c1-23(2)12-34(71-5)58(88)76-49-51(83)26-7-10-38(32(67)14-26)97-40-16-28-17-41(55(40)101-65-56(54(86)53(85)42(22-78)99-65)100-44-21-66(4,70)57(87)24(3)96-44)98-39-11-8-27(15-33(39)68)52(84)50-63(93)75-48(64(94)95)31-18-29(79)19-37(81)45(31)30-13-25(6-9-36(30)80)46(60(90)77-50)74-61(91)47(28)73-59(89)35(20-43(69)82)72-62(49)92/h6-11,13-19,23-24,34-35,42,44,46-54,56-57,65,71,78-81,83-87H,12,20-22,70H2,1-5H3,(H2,69,82)(H,72,92)(H,73,89)(H,74,91)(H,75,93)(H,76,88)(H,77,90)(H,94,95)/t24-,34+,35-,42+,44?,46+,47+,48+,49+,50?,51+,52+,53+,54-,56+,57+,65?,66-/m0/s1. The minimum atomic E-state index is -2.35. The smallest absolute Gasteiger partial charge is 0.330 e. The number of phenolic OH excluding ortho intramolecular Hbond substituents is 3. The molecule has 11 bridgehead atoms. The number of benzene rings is 5. The number of phenols is 3. The first kappa shape index (κ1) is 74.5. The summed E-state index contributed by atoms with van der Waals surface area (Å²) < 4.78 is 38.3. The Morgan fingerprint density at radius 1 is 0.713 bits per heavy atom. The van der Waals surface area contributed by atoms with E-state index >= 15 is 14.4 Å². The van der Waals surface area contributed by atoms with Gasteiger partial charge in [0.15, 0.2) is 29.9 Å². The maximum atomic E-state index is 16.0. The number of aliphatic hydroxyl groups excluding tert-OH is 6. The second-order valence-electron chi connectivity index (χ2n) is 25.7. The lowest BCUT2D eigenvalue weighted by Gasteiger charge is -2.47. The van der Waals surface area contributed by atoms with Crippen molar-refractivity contribution in [2.45, 2.75) is 156 Å². The van der Waals surface area contributed by atoms with Crippen LogP contribution in [-0.4, -0.2) is 191 Å². The number of carbonyl (C=O) groups excluding carboxylic acids is 7. The van der Waals surface area contributed by atoms with Crippen molar-refractivity contribution in [3.63, 3.8) is 0 Å². The predicted octanol–water partition coefficient (Wildman–Crippen LogP) is 0.106. The number of hydrogen-bond donors (Lipinski definition) is 19. The van der Waals surface area contributed by atoms with E-state index in [1.165, 1.54) is 33.0 Å². The van der Waals surface area contributed by atoms with Crippen LogP contribution in [0.15, 0.2) is 78.9 Å². The number of ether oxygens (including phenoxy) is 6. The highest BCUT2D eigenvalue weighted by atomic mass is 35.5. The Balaban J connectivity index is 1.24. The lowest BCUT2D eigenvalue weighted by atomic mass is 9.86. The van der Waals surface area contributed by atoms with Crippen molar-refractivity contribution in [2.24, 2.45) is 17.4 Å². The number of aromatic hydroxyl groups is 3. The molecule has 0 saturated carbocycles. The Bertz CT molecular complexity index is 4070. The average molecular weight is 1450 g/mol. The molecule has 18 atom stereocenters. The third kappa shape index (κ3) is 15.8. The van der Waals surface area contributed by atoms with Gasteiger partial charge in [0.25, 0.3) is 0 Å². The summed E-state index contributed by atoms with van der Waals surface area (Å²) in [6.45, 7) is 5.66. The number of carbonyl (C=O) groups is 8. The number of fused-ring (bicyclic) bond motifs is 15. The zero-order valence-electron chi connectivity index (χ0n) is 54.3. The zero-order chi connectivity index (χ0) is 73.5. The van der Waals surface area contributed by atoms with Gasteiger partial charge in [-0.2, -0.15) is 0 Å². The van der Waals surface area contributed by atoms with E-state index < -0.39 is 237 Å². The molecule has 0 aliphatic carbocycles.